The van der Waals surface area contributed by atoms with E-state index in [1.54, 1.807) is 0 Å². The van der Waals surface area contributed by atoms with E-state index in [2.05, 4.69) is 28.3 Å². The van der Waals surface area contributed by atoms with Gasteiger partial charge in [-0.1, -0.05) is 0 Å². The third-order valence-corrected chi connectivity index (χ3v) is 3.39. The van der Waals surface area contributed by atoms with Gasteiger partial charge in [-0.15, -0.1) is 0 Å². The van der Waals surface area contributed by atoms with Gasteiger partial charge in [-0.25, -0.2) is 0 Å². The van der Waals surface area contributed by atoms with Gasteiger partial charge >= 0.3 is 0 Å². The molecule has 2 unspecified atom stereocenters. The van der Waals surface area contributed by atoms with Crippen LogP contribution in [0.2, 0.25) is 0 Å². The molecule has 1 fully saturated rings. The van der Waals surface area contributed by atoms with E-state index < -0.39 is 0 Å². The van der Waals surface area contributed by atoms with Crippen LogP contribution in [-0.2, 0) is 4.74 Å². The summed E-state index contributed by atoms with van der Waals surface area (Å²) in [5, 5.41) is 3.44. The summed E-state index contributed by atoms with van der Waals surface area (Å²) in [6.07, 6.45) is 3.74. The van der Waals surface area contributed by atoms with E-state index in [1.165, 1.54) is 5.69 Å². The van der Waals surface area contributed by atoms with Gasteiger partial charge in [-0.2, -0.15) is 0 Å². The Labute approximate surface area is 89.3 Å². The van der Waals surface area contributed by atoms with Crippen molar-refractivity contribution in [2.24, 2.45) is 5.92 Å². The monoisotopic (exact) mass is 205 g/mol. The third kappa shape index (κ3) is 1.36. The summed E-state index contributed by atoms with van der Waals surface area (Å²) in [7, 11) is 2.14. The first-order valence-corrected chi connectivity index (χ1v) is 5.35. The van der Waals surface area contributed by atoms with Crippen LogP contribution >= 0.6 is 0 Å². The Balaban J connectivity index is 2.00. The molecule has 4 nitrogen and oxygen atoms in total. The zero-order valence-corrected chi connectivity index (χ0v) is 8.81. The van der Waals surface area contributed by atoms with Crippen LogP contribution < -0.4 is 10.2 Å². The Bertz CT molecular complexity index is 369. The lowest BCUT2D eigenvalue weighted by Crippen LogP contribution is -2.37. The first-order valence-electron chi connectivity index (χ1n) is 5.35. The quantitative estimate of drug-likeness (QED) is 0.684. The molecule has 0 bridgehead atoms. The fourth-order valence-electron chi connectivity index (χ4n) is 2.46. The zero-order valence-electron chi connectivity index (χ0n) is 8.81. The Morgan fingerprint density at radius 1 is 1.53 bits per heavy atom. The van der Waals surface area contributed by atoms with Crippen molar-refractivity contribution < 1.29 is 4.74 Å². The van der Waals surface area contributed by atoms with Crippen LogP contribution in [0.15, 0.2) is 18.5 Å². The van der Waals surface area contributed by atoms with Crippen molar-refractivity contribution in [3.8, 4) is 0 Å². The lowest BCUT2D eigenvalue weighted by molar-refractivity contribution is 0.185. The van der Waals surface area contributed by atoms with E-state index in [-0.39, 0.29) is 0 Å². The minimum Gasteiger partial charge on any atom is -0.382 e. The van der Waals surface area contributed by atoms with Crippen molar-refractivity contribution in [2.75, 3.05) is 37.0 Å². The molecule has 0 spiro atoms. The number of nitrogens with one attached hydrogen (secondary N) is 1. The summed E-state index contributed by atoms with van der Waals surface area (Å²) in [6, 6.07) is 2.56. The molecule has 15 heavy (non-hydrogen) atoms. The van der Waals surface area contributed by atoms with Crippen molar-refractivity contribution in [1.29, 1.82) is 0 Å². The van der Waals surface area contributed by atoms with Gasteiger partial charge in [0.2, 0.25) is 0 Å². The van der Waals surface area contributed by atoms with E-state index in [0.717, 1.165) is 25.4 Å². The van der Waals surface area contributed by atoms with Crippen LogP contribution in [-0.4, -0.2) is 37.8 Å². The first kappa shape index (κ1) is 8.97. The lowest BCUT2D eigenvalue weighted by atomic mass is 10.0. The number of rotatable bonds is 0. The van der Waals surface area contributed by atoms with Gasteiger partial charge in [0.1, 0.15) is 0 Å². The predicted molar refractivity (Wildman–Crippen MR) is 59.2 cm³/mol. The zero-order chi connectivity index (χ0) is 10.3. The lowest BCUT2D eigenvalue weighted by Gasteiger charge is -2.27. The molecule has 0 aromatic carbocycles. The van der Waals surface area contributed by atoms with Crippen molar-refractivity contribution in [3.05, 3.63) is 18.5 Å². The molecular formula is C11H15N3O. The van der Waals surface area contributed by atoms with E-state index in [4.69, 9.17) is 4.74 Å². The van der Waals surface area contributed by atoms with Gasteiger partial charge in [0.05, 0.1) is 36.8 Å². The van der Waals surface area contributed by atoms with Gasteiger partial charge in [-0.05, 0) is 6.07 Å². The van der Waals surface area contributed by atoms with Gasteiger partial charge in [0.25, 0.3) is 0 Å². The summed E-state index contributed by atoms with van der Waals surface area (Å²) in [6.45, 7) is 2.68. The molecule has 2 aliphatic heterocycles. The van der Waals surface area contributed by atoms with Crippen molar-refractivity contribution in [2.45, 2.75) is 6.04 Å². The molecular weight excluding hydrogens is 190 g/mol. The highest BCUT2D eigenvalue weighted by atomic mass is 16.5. The highest BCUT2D eigenvalue weighted by Crippen LogP contribution is 2.32. The molecule has 4 heteroatoms. The molecule has 3 rings (SSSR count). The van der Waals surface area contributed by atoms with Crippen molar-refractivity contribution in [1.82, 2.24) is 4.98 Å². The number of hydrogen-bond acceptors (Lipinski definition) is 4. The van der Waals surface area contributed by atoms with Crippen LogP contribution in [0.5, 0.6) is 0 Å². The van der Waals surface area contributed by atoms with Gasteiger partial charge in [0.15, 0.2) is 0 Å². The Hall–Kier alpha value is -1.29. The van der Waals surface area contributed by atoms with Gasteiger partial charge < -0.3 is 15.0 Å². The maximum absolute atomic E-state index is 5.54. The molecule has 2 aliphatic rings. The van der Waals surface area contributed by atoms with Gasteiger partial charge in [-0.3, -0.25) is 4.98 Å². The van der Waals surface area contributed by atoms with Crippen LogP contribution in [0.25, 0.3) is 0 Å². The van der Waals surface area contributed by atoms with Crippen LogP contribution in [0, 0.1) is 5.92 Å². The molecule has 1 aromatic rings. The topological polar surface area (TPSA) is 37.4 Å². The minimum absolute atomic E-state index is 0.501. The highest BCUT2D eigenvalue weighted by Gasteiger charge is 2.34. The molecule has 1 N–H and O–H groups in total. The normalized spacial score (nSPS) is 29.0. The Kier molecular flexibility index (Phi) is 2.02. The largest absolute Gasteiger partial charge is 0.382 e. The number of ether oxygens (including phenoxy) is 1. The molecule has 0 aliphatic carbocycles. The summed E-state index contributed by atoms with van der Waals surface area (Å²) in [5.74, 6) is 0.586. The average molecular weight is 205 g/mol. The SMILES string of the molecule is CN1c2ccncc2NCC2COCC21. The smallest absolute Gasteiger partial charge is 0.0764 e. The third-order valence-electron chi connectivity index (χ3n) is 3.39. The van der Waals surface area contributed by atoms with Crippen LogP contribution in [0.4, 0.5) is 11.4 Å². The number of nitrogens with zero attached hydrogens (tertiary/aromatic N) is 2. The van der Waals surface area contributed by atoms with Gasteiger partial charge in [0, 0.05) is 25.7 Å². The molecule has 0 amide bonds. The predicted octanol–water partition coefficient (Wildman–Crippen LogP) is 0.958. The summed E-state index contributed by atoms with van der Waals surface area (Å²) in [4.78, 5) is 6.46. The van der Waals surface area contributed by atoms with E-state index in [1.807, 2.05) is 12.4 Å². The van der Waals surface area contributed by atoms with Crippen LogP contribution in [0.1, 0.15) is 0 Å². The maximum atomic E-state index is 5.54. The Morgan fingerprint density at radius 2 is 2.47 bits per heavy atom. The number of likely N-dealkylation sites (N-methyl/N-ethyl adjacent to an activating group) is 1. The average Bonchev–Trinajstić information content (AvgIpc) is 2.69. The fraction of sp³-hybridized carbons (Fsp3) is 0.545. The van der Waals surface area contributed by atoms with Crippen molar-refractivity contribution >= 4 is 11.4 Å². The number of hydrogen-bond donors (Lipinski definition) is 1. The fourth-order valence-corrected chi connectivity index (χ4v) is 2.46. The van der Waals surface area contributed by atoms with Crippen molar-refractivity contribution in [3.63, 3.8) is 0 Å². The molecule has 80 valence electrons. The van der Waals surface area contributed by atoms with E-state index >= 15 is 0 Å². The highest BCUT2D eigenvalue weighted by molar-refractivity contribution is 5.70. The molecule has 1 aromatic heterocycles. The van der Waals surface area contributed by atoms with E-state index in [9.17, 15) is 0 Å². The molecule has 3 heterocycles. The second-order valence-corrected chi connectivity index (χ2v) is 4.25. The standard InChI is InChI=1S/C11H15N3O/c1-14-10-2-3-12-5-9(10)13-4-8-6-15-7-11(8)14/h2-3,5,8,11,13H,4,6-7H2,1H3. The number of fused-ring (bicyclic) bond motifs is 2. The minimum atomic E-state index is 0.501. The van der Waals surface area contributed by atoms with E-state index in [0.29, 0.717) is 12.0 Å². The molecule has 0 radical (unpaired) electrons. The maximum Gasteiger partial charge on any atom is 0.0764 e. The van der Waals surface area contributed by atoms with Crippen LogP contribution in [0.3, 0.4) is 0 Å². The number of pyridine rings is 1. The summed E-state index contributed by atoms with van der Waals surface area (Å²) < 4.78 is 5.54. The summed E-state index contributed by atoms with van der Waals surface area (Å²) in [5.41, 5.74) is 2.36. The summed E-state index contributed by atoms with van der Waals surface area (Å²) >= 11 is 0. The second kappa shape index (κ2) is 3.38. The molecule has 0 saturated carbocycles. The Morgan fingerprint density at radius 3 is 3.40 bits per heavy atom. The first-order chi connectivity index (χ1) is 7.36. The molecule has 2 atom stereocenters. The second-order valence-electron chi connectivity index (χ2n) is 4.25. The number of aromatic nitrogens is 1. The number of anilines is 2. The molecule has 1 saturated heterocycles.